The number of nitrogens with one attached hydrogen (secondary N) is 1. The van der Waals surface area contributed by atoms with Crippen molar-refractivity contribution in [2.75, 3.05) is 26.2 Å². The average Bonchev–Trinajstić information content (AvgIpc) is 3.11. The highest BCUT2D eigenvalue weighted by atomic mass is 16.3. The normalized spacial score (nSPS) is 11.7. The molecule has 0 aliphatic heterocycles. The maximum atomic E-state index is 5.55. The number of unbranched alkanes of at least 4 members (excludes halogenated alkanes) is 1. The Labute approximate surface area is 171 Å². The third kappa shape index (κ3) is 8.90. The summed E-state index contributed by atoms with van der Waals surface area (Å²) in [7, 11) is 0. The van der Waals surface area contributed by atoms with Crippen LogP contribution in [-0.4, -0.2) is 31.1 Å². The average molecular weight is 383 g/mol. The summed E-state index contributed by atoms with van der Waals surface area (Å²) < 4.78 is 5.55. The van der Waals surface area contributed by atoms with Crippen molar-refractivity contribution in [1.29, 1.82) is 0 Å². The first-order valence-electron chi connectivity index (χ1n) is 10.9. The number of benzene rings is 1. The van der Waals surface area contributed by atoms with Crippen molar-refractivity contribution >= 4 is 6.08 Å². The fourth-order valence-electron chi connectivity index (χ4n) is 3.43. The minimum Gasteiger partial charge on any atom is -0.462 e. The Morgan fingerprint density at radius 3 is 2.25 bits per heavy atom. The minimum atomic E-state index is 0.922. The largest absolute Gasteiger partial charge is 0.462 e. The van der Waals surface area contributed by atoms with E-state index in [1.807, 2.05) is 25.1 Å². The van der Waals surface area contributed by atoms with Gasteiger partial charge in [-0.05, 0) is 94.5 Å². The van der Waals surface area contributed by atoms with E-state index >= 15 is 0 Å². The van der Waals surface area contributed by atoms with E-state index in [2.05, 4.69) is 54.4 Å². The van der Waals surface area contributed by atoms with Crippen molar-refractivity contribution in [2.24, 2.45) is 0 Å². The second-order valence-corrected chi connectivity index (χ2v) is 7.60. The van der Waals surface area contributed by atoms with Crippen LogP contribution in [0.5, 0.6) is 0 Å². The summed E-state index contributed by atoms with van der Waals surface area (Å²) >= 11 is 0. The molecule has 0 saturated carbocycles. The van der Waals surface area contributed by atoms with Crippen LogP contribution in [0.15, 0.2) is 46.9 Å². The lowest BCUT2D eigenvalue weighted by molar-refractivity contribution is 0.268. The molecule has 0 fully saturated rings. The van der Waals surface area contributed by atoms with Crippen LogP contribution < -0.4 is 5.32 Å². The highest BCUT2D eigenvalue weighted by Gasteiger charge is 2.01. The van der Waals surface area contributed by atoms with Gasteiger partial charge in [0.1, 0.15) is 11.5 Å². The van der Waals surface area contributed by atoms with E-state index in [0.717, 1.165) is 31.0 Å². The Morgan fingerprint density at radius 2 is 1.61 bits per heavy atom. The first-order valence-corrected chi connectivity index (χ1v) is 10.9. The van der Waals surface area contributed by atoms with Gasteiger partial charge >= 0.3 is 0 Å². The zero-order chi connectivity index (χ0) is 20.0. The van der Waals surface area contributed by atoms with Crippen LogP contribution in [0.4, 0.5) is 0 Å². The van der Waals surface area contributed by atoms with Gasteiger partial charge in [0.25, 0.3) is 0 Å². The Hall–Kier alpha value is -1.84. The number of rotatable bonds is 14. The molecule has 1 heterocycles. The maximum absolute atomic E-state index is 5.55. The summed E-state index contributed by atoms with van der Waals surface area (Å²) in [6, 6.07) is 12.9. The Balaban J connectivity index is 1.60. The predicted octanol–water partition coefficient (Wildman–Crippen LogP) is 5.84. The smallest absolute Gasteiger partial charge is 0.126 e. The number of allylic oxidation sites excluding steroid dienone is 1. The topological polar surface area (TPSA) is 28.4 Å². The van der Waals surface area contributed by atoms with Crippen LogP contribution in [-0.2, 0) is 13.0 Å². The number of hydrogen-bond donors (Lipinski definition) is 1. The molecule has 28 heavy (non-hydrogen) atoms. The van der Waals surface area contributed by atoms with Crippen molar-refractivity contribution in [3.63, 3.8) is 0 Å². The highest BCUT2D eigenvalue weighted by Crippen LogP contribution is 2.10. The molecule has 1 aromatic heterocycles. The third-order valence-electron chi connectivity index (χ3n) is 4.91. The second-order valence-electron chi connectivity index (χ2n) is 7.60. The molecule has 2 aromatic rings. The molecule has 0 aliphatic carbocycles. The summed E-state index contributed by atoms with van der Waals surface area (Å²) in [5.41, 5.74) is 2.68. The molecule has 154 valence electrons. The maximum Gasteiger partial charge on any atom is 0.126 e. The first kappa shape index (κ1) is 22.4. The summed E-state index contributed by atoms with van der Waals surface area (Å²) in [4.78, 5) is 2.60. The lowest BCUT2D eigenvalue weighted by Crippen LogP contribution is -2.27. The van der Waals surface area contributed by atoms with E-state index in [0.29, 0.717) is 0 Å². The van der Waals surface area contributed by atoms with Crippen LogP contribution in [0.1, 0.15) is 62.2 Å². The van der Waals surface area contributed by atoms with Crippen LogP contribution >= 0.6 is 0 Å². The fraction of sp³-hybridized carbons (Fsp3) is 0.520. The van der Waals surface area contributed by atoms with Gasteiger partial charge in [0, 0.05) is 6.54 Å². The lowest BCUT2D eigenvalue weighted by atomic mass is 10.1. The van der Waals surface area contributed by atoms with Gasteiger partial charge in [-0.15, -0.1) is 0 Å². The number of aryl methyl sites for hydroxylation is 1. The molecule has 0 aliphatic rings. The van der Waals surface area contributed by atoms with Gasteiger partial charge in [-0.25, -0.2) is 0 Å². The molecule has 1 N–H and O–H groups in total. The van der Waals surface area contributed by atoms with Crippen LogP contribution in [0.3, 0.4) is 0 Å². The number of nitrogens with zero attached hydrogens (tertiary/aromatic N) is 1. The van der Waals surface area contributed by atoms with Crippen molar-refractivity contribution in [3.05, 3.63) is 65.1 Å². The van der Waals surface area contributed by atoms with Crippen molar-refractivity contribution < 1.29 is 4.42 Å². The van der Waals surface area contributed by atoms with Crippen LogP contribution in [0, 0.1) is 6.92 Å². The zero-order valence-electron chi connectivity index (χ0n) is 18.0. The van der Waals surface area contributed by atoms with E-state index < -0.39 is 0 Å². The molecule has 0 atom stereocenters. The van der Waals surface area contributed by atoms with Gasteiger partial charge in [0.2, 0.25) is 0 Å². The van der Waals surface area contributed by atoms with Gasteiger partial charge < -0.3 is 14.6 Å². The Bertz CT molecular complexity index is 666. The minimum absolute atomic E-state index is 0.922. The molecule has 0 unspecified atom stereocenters. The van der Waals surface area contributed by atoms with Gasteiger partial charge in [-0.3, -0.25) is 0 Å². The molecular formula is C25H38N2O. The summed E-state index contributed by atoms with van der Waals surface area (Å²) in [5.74, 6) is 1.88. The van der Waals surface area contributed by atoms with Gasteiger partial charge in [-0.1, -0.05) is 44.2 Å². The molecule has 3 heteroatoms. The monoisotopic (exact) mass is 382 g/mol. The van der Waals surface area contributed by atoms with Gasteiger partial charge in [-0.2, -0.15) is 0 Å². The standard InChI is InChI=1S/C25H38N2O/c1-4-18-27(19-5-2)20-7-6-17-26-21-24-14-12-23(13-15-24)9-8-10-25-16-11-22(3)28-25/h8,10-16,26H,4-7,9,17-21H2,1-3H3/b10-8+. The predicted molar refractivity (Wildman–Crippen MR) is 121 cm³/mol. The van der Waals surface area contributed by atoms with Gasteiger partial charge in [0.15, 0.2) is 0 Å². The van der Waals surface area contributed by atoms with Crippen molar-refractivity contribution in [1.82, 2.24) is 10.2 Å². The third-order valence-corrected chi connectivity index (χ3v) is 4.91. The van der Waals surface area contributed by atoms with Crippen LogP contribution in [0.2, 0.25) is 0 Å². The molecule has 0 spiro atoms. The SMILES string of the molecule is CCCN(CCC)CCCCNCc1ccc(C/C=C/c2ccc(C)o2)cc1. The highest BCUT2D eigenvalue weighted by molar-refractivity contribution is 5.43. The van der Waals surface area contributed by atoms with E-state index in [-0.39, 0.29) is 0 Å². The zero-order valence-corrected chi connectivity index (χ0v) is 18.0. The Kier molecular flexibility index (Phi) is 10.7. The van der Waals surface area contributed by atoms with E-state index in [1.54, 1.807) is 0 Å². The molecule has 0 saturated heterocycles. The van der Waals surface area contributed by atoms with Crippen molar-refractivity contribution in [3.8, 4) is 0 Å². The summed E-state index contributed by atoms with van der Waals surface area (Å²) in [6.07, 6.45) is 10.2. The quantitative estimate of drug-likeness (QED) is 0.416. The Morgan fingerprint density at radius 1 is 0.893 bits per heavy atom. The summed E-state index contributed by atoms with van der Waals surface area (Å²) in [6.45, 7) is 12.3. The molecular weight excluding hydrogens is 344 g/mol. The lowest BCUT2D eigenvalue weighted by Gasteiger charge is -2.20. The molecule has 1 aromatic carbocycles. The summed E-state index contributed by atoms with van der Waals surface area (Å²) in [5, 5.41) is 3.58. The van der Waals surface area contributed by atoms with Gasteiger partial charge in [0.05, 0.1) is 0 Å². The molecule has 0 amide bonds. The van der Waals surface area contributed by atoms with E-state index in [9.17, 15) is 0 Å². The molecule has 0 bridgehead atoms. The molecule has 2 rings (SSSR count). The van der Waals surface area contributed by atoms with E-state index in [1.165, 1.54) is 56.4 Å². The number of furan rings is 1. The van der Waals surface area contributed by atoms with Crippen molar-refractivity contribution in [2.45, 2.75) is 59.4 Å². The first-order chi connectivity index (χ1) is 13.7. The molecule has 0 radical (unpaired) electrons. The van der Waals surface area contributed by atoms with Crippen LogP contribution in [0.25, 0.3) is 6.08 Å². The second kappa shape index (κ2) is 13.4. The molecule has 3 nitrogen and oxygen atoms in total. The van der Waals surface area contributed by atoms with E-state index in [4.69, 9.17) is 4.42 Å². The fourth-order valence-corrected chi connectivity index (χ4v) is 3.43. The number of hydrogen-bond acceptors (Lipinski definition) is 3.